The Labute approximate surface area is 91.2 Å². The molecule has 0 saturated heterocycles. The zero-order chi connectivity index (χ0) is 11.5. The number of aliphatic hydroxyl groups is 2. The Kier molecular flexibility index (Phi) is 3.85. The van der Waals surface area contributed by atoms with Crippen LogP contribution < -0.4 is 0 Å². The fourth-order valence-electron chi connectivity index (χ4n) is 1.66. The van der Waals surface area contributed by atoms with Gasteiger partial charge >= 0.3 is 0 Å². The highest BCUT2D eigenvalue weighted by molar-refractivity contribution is 5.29. The molecule has 1 aromatic rings. The number of benzene rings is 1. The van der Waals surface area contributed by atoms with Crippen LogP contribution in [0.1, 0.15) is 16.7 Å². The van der Waals surface area contributed by atoms with Crippen molar-refractivity contribution in [1.82, 2.24) is 0 Å². The average Bonchev–Trinajstić information content (AvgIpc) is 2.14. The van der Waals surface area contributed by atoms with E-state index in [1.54, 1.807) is 0 Å². The molecule has 3 nitrogen and oxygen atoms in total. The Morgan fingerprint density at radius 2 is 1.27 bits per heavy atom. The van der Waals surface area contributed by atoms with Crippen LogP contribution in [0.2, 0.25) is 0 Å². The maximum absolute atomic E-state index is 9.09. The highest BCUT2D eigenvalue weighted by Crippen LogP contribution is 2.14. The van der Waals surface area contributed by atoms with Gasteiger partial charge in [-0.15, -0.1) is 0 Å². The number of aliphatic hydroxyl groups excluding tert-OH is 2. The van der Waals surface area contributed by atoms with Gasteiger partial charge in [0.2, 0.25) is 0 Å². The Bertz CT molecular complexity index is 307. The normalized spacial score (nSPS) is 11.8. The summed E-state index contributed by atoms with van der Waals surface area (Å²) in [6, 6.07) is 5.81. The predicted octanol–water partition coefficient (Wildman–Crippen LogP) is 0.877. The largest absolute Gasteiger partial charge is 0.392 e. The van der Waals surface area contributed by atoms with Gasteiger partial charge in [-0.2, -0.15) is 0 Å². The molecule has 0 amide bonds. The van der Waals surface area contributed by atoms with Crippen molar-refractivity contribution in [3.63, 3.8) is 0 Å². The topological polar surface area (TPSA) is 40.5 Å². The van der Waals surface area contributed by atoms with Crippen molar-refractivity contribution in [1.29, 1.82) is 0 Å². The molecule has 0 aliphatic heterocycles. The standard InChI is InChI=1S/C12H20NO2/c1-13(2,3)7-10-4-11(8-14)6-12(5-10)9-15/h4-6,14-15H,7-9H2,1-3H3/q+1. The van der Waals surface area contributed by atoms with Crippen molar-refractivity contribution in [2.24, 2.45) is 0 Å². The molecule has 1 rings (SSSR count). The van der Waals surface area contributed by atoms with Crippen LogP contribution in [0.4, 0.5) is 0 Å². The molecule has 0 spiro atoms. The van der Waals surface area contributed by atoms with Gasteiger partial charge in [-0.05, 0) is 23.3 Å². The zero-order valence-electron chi connectivity index (χ0n) is 9.70. The lowest BCUT2D eigenvalue weighted by atomic mass is 10.1. The first-order valence-electron chi connectivity index (χ1n) is 5.08. The first-order chi connectivity index (χ1) is 6.94. The molecule has 0 unspecified atom stereocenters. The van der Waals surface area contributed by atoms with Crippen LogP contribution in [0, 0.1) is 0 Å². The van der Waals surface area contributed by atoms with Crippen LogP contribution in [0.25, 0.3) is 0 Å². The van der Waals surface area contributed by atoms with E-state index >= 15 is 0 Å². The van der Waals surface area contributed by atoms with Crippen LogP contribution in [-0.2, 0) is 19.8 Å². The SMILES string of the molecule is C[N+](C)(C)Cc1cc(CO)cc(CO)c1. The maximum atomic E-state index is 9.09. The number of hydrogen-bond donors (Lipinski definition) is 2. The van der Waals surface area contributed by atoms with Gasteiger partial charge in [-0.3, -0.25) is 0 Å². The van der Waals surface area contributed by atoms with Crippen molar-refractivity contribution in [3.8, 4) is 0 Å². The third-order valence-corrected chi connectivity index (χ3v) is 2.13. The molecule has 0 aromatic heterocycles. The fourth-order valence-corrected chi connectivity index (χ4v) is 1.66. The third-order valence-electron chi connectivity index (χ3n) is 2.13. The van der Waals surface area contributed by atoms with E-state index in [-0.39, 0.29) is 13.2 Å². The molecule has 2 N–H and O–H groups in total. The quantitative estimate of drug-likeness (QED) is 0.724. The van der Waals surface area contributed by atoms with E-state index in [1.165, 1.54) is 0 Å². The van der Waals surface area contributed by atoms with E-state index in [9.17, 15) is 0 Å². The molecule has 84 valence electrons. The summed E-state index contributed by atoms with van der Waals surface area (Å²) in [6.07, 6.45) is 0. The number of rotatable bonds is 4. The molecule has 0 atom stereocenters. The van der Waals surface area contributed by atoms with Crippen LogP contribution in [0.5, 0.6) is 0 Å². The van der Waals surface area contributed by atoms with Crippen molar-refractivity contribution in [3.05, 3.63) is 34.9 Å². The second-order valence-electron chi connectivity index (χ2n) is 4.92. The van der Waals surface area contributed by atoms with Gasteiger partial charge in [0, 0.05) is 5.56 Å². The fraction of sp³-hybridized carbons (Fsp3) is 0.500. The lowest BCUT2D eigenvalue weighted by Gasteiger charge is -2.24. The van der Waals surface area contributed by atoms with E-state index < -0.39 is 0 Å². The predicted molar refractivity (Wildman–Crippen MR) is 60.0 cm³/mol. The van der Waals surface area contributed by atoms with Gasteiger partial charge in [-0.25, -0.2) is 0 Å². The Morgan fingerprint density at radius 1 is 0.867 bits per heavy atom. The van der Waals surface area contributed by atoms with Gasteiger partial charge in [0.15, 0.2) is 0 Å². The minimum Gasteiger partial charge on any atom is -0.392 e. The summed E-state index contributed by atoms with van der Waals surface area (Å²) in [5.41, 5.74) is 2.88. The second kappa shape index (κ2) is 4.75. The van der Waals surface area contributed by atoms with Crippen molar-refractivity contribution < 1.29 is 14.7 Å². The van der Waals surface area contributed by atoms with E-state index in [2.05, 4.69) is 21.1 Å². The smallest absolute Gasteiger partial charge is 0.104 e. The highest BCUT2D eigenvalue weighted by Gasteiger charge is 2.10. The summed E-state index contributed by atoms with van der Waals surface area (Å²) in [4.78, 5) is 0. The summed E-state index contributed by atoms with van der Waals surface area (Å²) in [5.74, 6) is 0. The van der Waals surface area contributed by atoms with Gasteiger partial charge in [0.1, 0.15) is 6.54 Å². The lowest BCUT2D eigenvalue weighted by Crippen LogP contribution is -2.33. The van der Waals surface area contributed by atoms with E-state index in [0.29, 0.717) is 0 Å². The third kappa shape index (κ3) is 4.00. The molecule has 0 aliphatic carbocycles. The minimum absolute atomic E-state index is 0.0258. The summed E-state index contributed by atoms with van der Waals surface area (Å²) in [6.45, 7) is 0.941. The molecule has 0 heterocycles. The van der Waals surface area contributed by atoms with Crippen molar-refractivity contribution in [2.75, 3.05) is 21.1 Å². The first kappa shape index (κ1) is 12.2. The van der Waals surface area contributed by atoms with Crippen molar-refractivity contribution in [2.45, 2.75) is 19.8 Å². The van der Waals surface area contributed by atoms with Crippen LogP contribution in [0.3, 0.4) is 0 Å². The molecule has 0 saturated carbocycles. The Hall–Kier alpha value is -0.900. The molecular weight excluding hydrogens is 190 g/mol. The van der Waals surface area contributed by atoms with Crippen LogP contribution >= 0.6 is 0 Å². The summed E-state index contributed by atoms with van der Waals surface area (Å²) in [7, 11) is 6.35. The monoisotopic (exact) mass is 210 g/mol. The molecule has 0 bridgehead atoms. The molecular formula is C12H20NO2+. The number of quaternary nitrogens is 1. The van der Waals surface area contributed by atoms with Crippen molar-refractivity contribution >= 4 is 0 Å². The molecule has 0 aliphatic rings. The Balaban J connectivity index is 2.97. The van der Waals surface area contributed by atoms with Gasteiger partial charge < -0.3 is 14.7 Å². The molecule has 15 heavy (non-hydrogen) atoms. The lowest BCUT2D eigenvalue weighted by molar-refractivity contribution is -0.884. The van der Waals surface area contributed by atoms with Gasteiger partial charge in [0.05, 0.1) is 34.4 Å². The highest BCUT2D eigenvalue weighted by atomic mass is 16.3. The summed E-state index contributed by atoms with van der Waals surface area (Å²) in [5, 5.41) is 18.2. The zero-order valence-corrected chi connectivity index (χ0v) is 9.70. The average molecular weight is 210 g/mol. The maximum Gasteiger partial charge on any atom is 0.104 e. The van der Waals surface area contributed by atoms with Crippen LogP contribution in [0.15, 0.2) is 18.2 Å². The van der Waals surface area contributed by atoms with E-state index in [4.69, 9.17) is 10.2 Å². The van der Waals surface area contributed by atoms with Gasteiger partial charge in [-0.1, -0.05) is 6.07 Å². The summed E-state index contributed by atoms with van der Waals surface area (Å²) >= 11 is 0. The summed E-state index contributed by atoms with van der Waals surface area (Å²) < 4.78 is 0.833. The number of hydrogen-bond acceptors (Lipinski definition) is 2. The molecule has 0 fully saturated rings. The minimum atomic E-state index is 0.0258. The molecule has 3 heteroatoms. The molecule has 0 radical (unpaired) electrons. The number of nitrogens with zero attached hydrogens (tertiary/aromatic N) is 1. The van der Waals surface area contributed by atoms with E-state index in [0.717, 1.165) is 27.7 Å². The first-order valence-corrected chi connectivity index (χ1v) is 5.08. The van der Waals surface area contributed by atoms with E-state index in [1.807, 2.05) is 18.2 Å². The van der Waals surface area contributed by atoms with Crippen LogP contribution in [-0.4, -0.2) is 35.8 Å². The molecule has 1 aromatic carbocycles. The Morgan fingerprint density at radius 3 is 1.60 bits per heavy atom. The second-order valence-corrected chi connectivity index (χ2v) is 4.92. The van der Waals surface area contributed by atoms with Gasteiger partial charge in [0.25, 0.3) is 0 Å².